The lowest BCUT2D eigenvalue weighted by atomic mass is 10.1. The number of nitrogens with zero attached hydrogens (tertiary/aromatic N) is 1. The van der Waals surface area contributed by atoms with Gasteiger partial charge in [-0.3, -0.25) is 5.10 Å². The van der Waals surface area contributed by atoms with Crippen molar-refractivity contribution in [2.45, 2.75) is 6.92 Å². The molecular weight excluding hydrogens is 150 g/mol. The molecule has 3 heteroatoms. The second-order valence-electron chi connectivity index (χ2n) is 2.84. The Balaban J connectivity index is 2.83. The molecule has 0 unspecified atom stereocenters. The first-order valence-corrected chi connectivity index (χ1v) is 3.93. The molecule has 62 valence electrons. The molecule has 2 rings (SSSR count). The molecule has 0 bridgehead atoms. The van der Waals surface area contributed by atoms with Gasteiger partial charge in [0.15, 0.2) is 0 Å². The molecule has 0 atom stereocenters. The van der Waals surface area contributed by atoms with Gasteiger partial charge in [-0.1, -0.05) is 12.1 Å². The van der Waals surface area contributed by atoms with Crippen LogP contribution in [0.1, 0.15) is 5.56 Å². The van der Waals surface area contributed by atoms with Crippen molar-refractivity contribution in [3.8, 4) is 0 Å². The van der Waals surface area contributed by atoms with Crippen molar-refractivity contribution in [2.24, 2.45) is 0 Å². The fraction of sp³-hybridized carbons (Fsp3) is 0.222. The highest BCUT2D eigenvalue weighted by Crippen LogP contribution is 2.23. The Bertz CT molecular complexity index is 403. The Morgan fingerprint density at radius 2 is 2.25 bits per heavy atom. The van der Waals surface area contributed by atoms with Gasteiger partial charge in [0.25, 0.3) is 0 Å². The first-order chi connectivity index (χ1) is 5.83. The number of aromatic nitrogens is 2. The lowest BCUT2D eigenvalue weighted by molar-refractivity contribution is 1.12. The van der Waals surface area contributed by atoms with Crippen LogP contribution in [0.4, 0.5) is 5.69 Å². The lowest BCUT2D eigenvalue weighted by Gasteiger charge is -2.04. The molecule has 0 fully saturated rings. The summed E-state index contributed by atoms with van der Waals surface area (Å²) in [4.78, 5) is 0. The van der Waals surface area contributed by atoms with Gasteiger partial charge < -0.3 is 5.32 Å². The number of aryl methyl sites for hydroxylation is 1. The van der Waals surface area contributed by atoms with Crippen LogP contribution in [0.15, 0.2) is 18.3 Å². The SMILES string of the molecule is CNc1c(C)ccc2cn[nH]c12. The van der Waals surface area contributed by atoms with E-state index in [0.29, 0.717) is 0 Å². The van der Waals surface area contributed by atoms with E-state index in [1.54, 1.807) is 0 Å². The van der Waals surface area contributed by atoms with Gasteiger partial charge in [0, 0.05) is 12.4 Å². The lowest BCUT2D eigenvalue weighted by Crippen LogP contribution is -1.92. The van der Waals surface area contributed by atoms with Gasteiger partial charge in [0.2, 0.25) is 0 Å². The van der Waals surface area contributed by atoms with Crippen LogP contribution in [-0.4, -0.2) is 17.2 Å². The summed E-state index contributed by atoms with van der Waals surface area (Å²) in [5.41, 5.74) is 3.44. The number of H-pyrrole nitrogens is 1. The first-order valence-electron chi connectivity index (χ1n) is 3.93. The van der Waals surface area contributed by atoms with E-state index in [9.17, 15) is 0 Å². The van der Waals surface area contributed by atoms with Gasteiger partial charge in [-0.25, -0.2) is 0 Å². The van der Waals surface area contributed by atoms with Crippen LogP contribution in [0.25, 0.3) is 10.9 Å². The summed E-state index contributed by atoms with van der Waals surface area (Å²) in [7, 11) is 1.92. The van der Waals surface area contributed by atoms with E-state index in [0.717, 1.165) is 16.6 Å². The number of hydrogen-bond acceptors (Lipinski definition) is 2. The van der Waals surface area contributed by atoms with Crippen LogP contribution >= 0.6 is 0 Å². The molecule has 0 aliphatic carbocycles. The van der Waals surface area contributed by atoms with Crippen LogP contribution in [0.3, 0.4) is 0 Å². The van der Waals surface area contributed by atoms with Crippen LogP contribution in [0.2, 0.25) is 0 Å². The molecule has 0 aliphatic heterocycles. The monoisotopic (exact) mass is 161 g/mol. The molecule has 3 nitrogen and oxygen atoms in total. The molecule has 0 radical (unpaired) electrons. The summed E-state index contributed by atoms with van der Waals surface area (Å²) in [5.74, 6) is 0. The highest BCUT2D eigenvalue weighted by molar-refractivity contribution is 5.91. The Morgan fingerprint density at radius 1 is 1.42 bits per heavy atom. The van der Waals surface area contributed by atoms with Crippen LogP contribution < -0.4 is 5.32 Å². The van der Waals surface area contributed by atoms with Crippen LogP contribution in [-0.2, 0) is 0 Å². The summed E-state index contributed by atoms with van der Waals surface area (Å²) in [5, 5.41) is 11.2. The molecule has 0 aliphatic rings. The quantitative estimate of drug-likeness (QED) is 0.670. The van der Waals surface area contributed by atoms with Crippen molar-refractivity contribution >= 4 is 16.6 Å². The number of fused-ring (bicyclic) bond motifs is 1. The predicted molar refractivity (Wildman–Crippen MR) is 50.4 cm³/mol. The smallest absolute Gasteiger partial charge is 0.0884 e. The number of aromatic amines is 1. The molecule has 0 saturated heterocycles. The van der Waals surface area contributed by atoms with Crippen LogP contribution in [0.5, 0.6) is 0 Å². The minimum absolute atomic E-state index is 1.08. The van der Waals surface area contributed by atoms with Crippen molar-refractivity contribution in [2.75, 3.05) is 12.4 Å². The number of benzene rings is 1. The zero-order chi connectivity index (χ0) is 8.55. The second-order valence-corrected chi connectivity index (χ2v) is 2.84. The van der Waals surface area contributed by atoms with Crippen molar-refractivity contribution in [1.82, 2.24) is 10.2 Å². The van der Waals surface area contributed by atoms with Gasteiger partial charge in [-0.2, -0.15) is 5.10 Å². The summed E-state index contributed by atoms with van der Waals surface area (Å²) in [6.45, 7) is 2.08. The molecule has 2 aromatic rings. The maximum absolute atomic E-state index is 3.99. The zero-order valence-corrected chi connectivity index (χ0v) is 7.18. The third-order valence-corrected chi connectivity index (χ3v) is 2.08. The topological polar surface area (TPSA) is 40.7 Å². The van der Waals surface area contributed by atoms with E-state index in [-0.39, 0.29) is 0 Å². The predicted octanol–water partition coefficient (Wildman–Crippen LogP) is 1.91. The van der Waals surface area contributed by atoms with Gasteiger partial charge >= 0.3 is 0 Å². The Kier molecular flexibility index (Phi) is 1.50. The van der Waals surface area contributed by atoms with E-state index in [1.807, 2.05) is 13.2 Å². The molecule has 0 saturated carbocycles. The summed E-state index contributed by atoms with van der Waals surface area (Å²) < 4.78 is 0. The Morgan fingerprint density at radius 3 is 3.00 bits per heavy atom. The van der Waals surface area contributed by atoms with E-state index in [2.05, 4.69) is 34.6 Å². The maximum atomic E-state index is 3.99. The van der Waals surface area contributed by atoms with E-state index < -0.39 is 0 Å². The number of nitrogens with one attached hydrogen (secondary N) is 2. The normalized spacial score (nSPS) is 10.5. The Hall–Kier alpha value is -1.51. The van der Waals surface area contributed by atoms with Crippen LogP contribution in [0, 0.1) is 6.92 Å². The molecular formula is C9H11N3. The van der Waals surface area contributed by atoms with Crippen molar-refractivity contribution < 1.29 is 0 Å². The minimum Gasteiger partial charge on any atom is -0.386 e. The first kappa shape index (κ1) is 7.16. The largest absolute Gasteiger partial charge is 0.386 e. The van der Waals surface area contributed by atoms with Crippen molar-refractivity contribution in [1.29, 1.82) is 0 Å². The zero-order valence-electron chi connectivity index (χ0n) is 7.18. The standard InChI is InChI=1S/C9H11N3/c1-6-3-4-7-5-11-12-9(7)8(6)10-2/h3-5,10H,1-2H3,(H,11,12). The third-order valence-electron chi connectivity index (χ3n) is 2.08. The van der Waals surface area contributed by atoms with Crippen molar-refractivity contribution in [3.63, 3.8) is 0 Å². The second kappa shape index (κ2) is 2.52. The van der Waals surface area contributed by atoms with E-state index in [4.69, 9.17) is 0 Å². The highest BCUT2D eigenvalue weighted by atomic mass is 15.1. The maximum Gasteiger partial charge on any atom is 0.0884 e. The van der Waals surface area contributed by atoms with Gasteiger partial charge in [-0.05, 0) is 12.5 Å². The fourth-order valence-corrected chi connectivity index (χ4v) is 1.44. The highest BCUT2D eigenvalue weighted by Gasteiger charge is 2.03. The minimum atomic E-state index is 1.08. The van der Waals surface area contributed by atoms with E-state index >= 15 is 0 Å². The van der Waals surface area contributed by atoms with Gasteiger partial charge in [0.1, 0.15) is 0 Å². The van der Waals surface area contributed by atoms with Gasteiger partial charge in [0.05, 0.1) is 17.4 Å². The number of rotatable bonds is 1. The van der Waals surface area contributed by atoms with Gasteiger partial charge in [-0.15, -0.1) is 0 Å². The average molecular weight is 161 g/mol. The summed E-state index contributed by atoms with van der Waals surface area (Å²) in [6, 6.07) is 4.15. The average Bonchev–Trinajstić information content (AvgIpc) is 2.52. The molecule has 12 heavy (non-hydrogen) atoms. The number of anilines is 1. The molecule has 0 amide bonds. The molecule has 2 N–H and O–H groups in total. The third kappa shape index (κ3) is 0.863. The number of hydrogen-bond donors (Lipinski definition) is 2. The molecule has 1 aromatic heterocycles. The Labute approximate surface area is 70.8 Å². The molecule has 1 aromatic carbocycles. The van der Waals surface area contributed by atoms with Crippen molar-refractivity contribution in [3.05, 3.63) is 23.9 Å². The van der Waals surface area contributed by atoms with E-state index in [1.165, 1.54) is 5.56 Å². The summed E-state index contributed by atoms with van der Waals surface area (Å²) in [6.07, 6.45) is 1.83. The molecule has 1 heterocycles. The summed E-state index contributed by atoms with van der Waals surface area (Å²) >= 11 is 0. The fourth-order valence-electron chi connectivity index (χ4n) is 1.44. The molecule has 0 spiro atoms.